The number of nitrogens with one attached hydrogen (secondary N) is 1. The number of likely N-dealkylation sites (N-methyl/N-ethyl adjacent to an activating group) is 1. The van der Waals surface area contributed by atoms with Gasteiger partial charge in [0.25, 0.3) is 0 Å². The molecule has 5 nitrogen and oxygen atoms in total. The lowest BCUT2D eigenvalue weighted by atomic mass is 10.2. The first-order chi connectivity index (χ1) is 8.17. The predicted molar refractivity (Wildman–Crippen MR) is 68.5 cm³/mol. The zero-order valence-corrected chi connectivity index (χ0v) is 10.2. The summed E-state index contributed by atoms with van der Waals surface area (Å²) >= 11 is 0. The van der Waals surface area contributed by atoms with Crippen LogP contribution in [0.1, 0.15) is 5.56 Å². The summed E-state index contributed by atoms with van der Waals surface area (Å²) in [6.45, 7) is 0.742. The Labute approximate surface area is 101 Å². The second-order valence-electron chi connectivity index (χ2n) is 3.66. The lowest BCUT2D eigenvalue weighted by Gasteiger charge is -2.12. The minimum absolute atomic E-state index is 0.244. The SMILES string of the molecule is CN=C(N)c1cccc(OCC(O)CNC)c1. The average Bonchev–Trinajstić information content (AvgIpc) is 2.36. The number of aliphatic hydroxyl groups excluding tert-OH is 1. The Morgan fingerprint density at radius 3 is 3.00 bits per heavy atom. The smallest absolute Gasteiger partial charge is 0.125 e. The van der Waals surface area contributed by atoms with Crippen LogP contribution >= 0.6 is 0 Å². The first kappa shape index (κ1) is 13.5. The Morgan fingerprint density at radius 2 is 2.35 bits per heavy atom. The summed E-state index contributed by atoms with van der Waals surface area (Å²) in [6.07, 6.45) is -0.527. The van der Waals surface area contributed by atoms with Crippen molar-refractivity contribution in [3.63, 3.8) is 0 Å². The molecule has 1 atom stereocenters. The first-order valence-electron chi connectivity index (χ1n) is 5.45. The molecule has 0 aliphatic carbocycles. The third kappa shape index (κ3) is 4.42. The molecule has 1 aromatic rings. The van der Waals surface area contributed by atoms with Gasteiger partial charge in [-0.25, -0.2) is 0 Å². The normalized spacial score (nSPS) is 13.5. The molecule has 0 aliphatic rings. The number of nitrogens with two attached hydrogens (primary N) is 1. The molecule has 0 aromatic heterocycles. The summed E-state index contributed by atoms with van der Waals surface area (Å²) in [4.78, 5) is 3.90. The second kappa shape index (κ2) is 6.88. The van der Waals surface area contributed by atoms with Crippen LogP contribution in [0.25, 0.3) is 0 Å². The molecule has 4 N–H and O–H groups in total. The molecule has 0 bridgehead atoms. The monoisotopic (exact) mass is 237 g/mol. The molecule has 1 rings (SSSR count). The van der Waals surface area contributed by atoms with Crippen molar-refractivity contribution < 1.29 is 9.84 Å². The van der Waals surface area contributed by atoms with E-state index in [-0.39, 0.29) is 6.61 Å². The molecule has 0 fully saturated rings. The lowest BCUT2D eigenvalue weighted by Crippen LogP contribution is -2.29. The number of hydrogen-bond acceptors (Lipinski definition) is 4. The maximum absolute atomic E-state index is 9.50. The summed E-state index contributed by atoms with van der Waals surface area (Å²) in [5.41, 5.74) is 6.51. The van der Waals surface area contributed by atoms with Gasteiger partial charge >= 0.3 is 0 Å². The fraction of sp³-hybridized carbons (Fsp3) is 0.417. The topological polar surface area (TPSA) is 79.9 Å². The van der Waals surface area contributed by atoms with E-state index in [1.165, 1.54) is 0 Å². The van der Waals surface area contributed by atoms with Gasteiger partial charge in [-0.1, -0.05) is 12.1 Å². The maximum Gasteiger partial charge on any atom is 0.125 e. The van der Waals surface area contributed by atoms with Gasteiger partial charge in [-0.3, -0.25) is 4.99 Å². The Hall–Kier alpha value is -1.59. The second-order valence-corrected chi connectivity index (χ2v) is 3.66. The van der Waals surface area contributed by atoms with Crippen LogP contribution in [-0.4, -0.2) is 44.3 Å². The number of aliphatic hydroxyl groups is 1. The highest BCUT2D eigenvalue weighted by molar-refractivity contribution is 5.97. The van der Waals surface area contributed by atoms with Crippen LogP contribution in [-0.2, 0) is 0 Å². The van der Waals surface area contributed by atoms with Crippen LogP contribution in [0.15, 0.2) is 29.3 Å². The Balaban J connectivity index is 2.60. The van der Waals surface area contributed by atoms with E-state index in [9.17, 15) is 5.11 Å². The van der Waals surface area contributed by atoms with Gasteiger partial charge in [-0.05, 0) is 19.2 Å². The third-order valence-corrected chi connectivity index (χ3v) is 2.25. The van der Waals surface area contributed by atoms with Crippen LogP contribution in [0, 0.1) is 0 Å². The van der Waals surface area contributed by atoms with Gasteiger partial charge < -0.3 is 20.9 Å². The van der Waals surface area contributed by atoms with E-state index in [0.717, 1.165) is 5.56 Å². The number of benzene rings is 1. The number of rotatable bonds is 6. The van der Waals surface area contributed by atoms with Crippen molar-refractivity contribution in [2.75, 3.05) is 27.2 Å². The average molecular weight is 237 g/mol. The van der Waals surface area contributed by atoms with Gasteiger partial charge in [0.1, 0.15) is 24.3 Å². The molecule has 0 spiro atoms. The standard InChI is InChI=1S/C12H19N3O2/c1-14-7-10(16)8-17-11-5-3-4-9(6-11)12(13)15-2/h3-6,10,14,16H,7-8H2,1-2H3,(H2,13,15). The molecular formula is C12H19N3O2. The number of amidine groups is 1. The van der Waals surface area contributed by atoms with Crippen LogP contribution < -0.4 is 15.8 Å². The molecule has 0 saturated heterocycles. The maximum atomic E-state index is 9.50. The van der Waals surface area contributed by atoms with E-state index in [1.807, 2.05) is 18.2 Å². The van der Waals surface area contributed by atoms with E-state index in [1.54, 1.807) is 20.2 Å². The van der Waals surface area contributed by atoms with E-state index >= 15 is 0 Å². The fourth-order valence-corrected chi connectivity index (χ4v) is 1.36. The molecule has 0 saturated carbocycles. The number of ether oxygens (including phenoxy) is 1. The van der Waals surface area contributed by atoms with Crippen molar-refractivity contribution in [2.45, 2.75) is 6.10 Å². The molecule has 1 unspecified atom stereocenters. The van der Waals surface area contributed by atoms with E-state index in [2.05, 4.69) is 10.3 Å². The van der Waals surface area contributed by atoms with Crippen molar-refractivity contribution in [3.8, 4) is 5.75 Å². The Kier molecular flexibility index (Phi) is 5.45. The number of hydrogen-bond donors (Lipinski definition) is 3. The van der Waals surface area contributed by atoms with Crippen molar-refractivity contribution in [1.82, 2.24) is 5.32 Å². The molecule has 17 heavy (non-hydrogen) atoms. The minimum Gasteiger partial charge on any atom is -0.491 e. The zero-order valence-electron chi connectivity index (χ0n) is 10.2. The minimum atomic E-state index is -0.527. The molecular weight excluding hydrogens is 218 g/mol. The summed E-state index contributed by atoms with van der Waals surface area (Å²) < 4.78 is 5.46. The first-order valence-corrected chi connectivity index (χ1v) is 5.45. The van der Waals surface area contributed by atoms with Crippen LogP contribution in [0.4, 0.5) is 0 Å². The fourth-order valence-electron chi connectivity index (χ4n) is 1.36. The van der Waals surface area contributed by atoms with Crippen molar-refractivity contribution in [1.29, 1.82) is 0 Å². The highest BCUT2D eigenvalue weighted by atomic mass is 16.5. The summed E-state index contributed by atoms with van der Waals surface area (Å²) in [5, 5.41) is 12.4. The number of aliphatic imine (C=N–C) groups is 1. The molecule has 1 aromatic carbocycles. The molecule has 0 heterocycles. The van der Waals surface area contributed by atoms with Crippen molar-refractivity contribution in [3.05, 3.63) is 29.8 Å². The molecule has 0 radical (unpaired) electrons. The van der Waals surface area contributed by atoms with E-state index in [0.29, 0.717) is 18.1 Å². The van der Waals surface area contributed by atoms with E-state index < -0.39 is 6.10 Å². The third-order valence-electron chi connectivity index (χ3n) is 2.25. The van der Waals surface area contributed by atoms with Crippen molar-refractivity contribution in [2.24, 2.45) is 10.7 Å². The summed E-state index contributed by atoms with van der Waals surface area (Å²) in [7, 11) is 3.42. The Morgan fingerprint density at radius 1 is 1.59 bits per heavy atom. The molecule has 0 aliphatic heterocycles. The van der Waals surface area contributed by atoms with Crippen molar-refractivity contribution >= 4 is 5.84 Å². The predicted octanol–water partition coefficient (Wildman–Crippen LogP) is -0.0192. The molecule has 0 amide bonds. The summed E-state index contributed by atoms with van der Waals surface area (Å²) in [5.74, 6) is 1.13. The lowest BCUT2D eigenvalue weighted by molar-refractivity contribution is 0.108. The highest BCUT2D eigenvalue weighted by Crippen LogP contribution is 2.13. The number of nitrogens with zero attached hydrogens (tertiary/aromatic N) is 1. The Bertz CT molecular complexity index is 380. The van der Waals surface area contributed by atoms with Gasteiger partial charge in [-0.15, -0.1) is 0 Å². The molecule has 94 valence electrons. The van der Waals surface area contributed by atoms with Crippen LogP contribution in [0.2, 0.25) is 0 Å². The van der Waals surface area contributed by atoms with Gasteiger partial charge in [0, 0.05) is 19.2 Å². The quantitative estimate of drug-likeness (QED) is 0.480. The van der Waals surface area contributed by atoms with E-state index in [4.69, 9.17) is 10.5 Å². The van der Waals surface area contributed by atoms with Gasteiger partial charge in [0.05, 0.1) is 0 Å². The van der Waals surface area contributed by atoms with Gasteiger partial charge in [0.2, 0.25) is 0 Å². The summed E-state index contributed by atoms with van der Waals surface area (Å²) in [6, 6.07) is 7.32. The highest BCUT2D eigenvalue weighted by Gasteiger charge is 2.04. The molecule has 5 heteroatoms. The van der Waals surface area contributed by atoms with Gasteiger partial charge in [-0.2, -0.15) is 0 Å². The van der Waals surface area contributed by atoms with Crippen LogP contribution in [0.3, 0.4) is 0 Å². The van der Waals surface area contributed by atoms with Gasteiger partial charge in [0.15, 0.2) is 0 Å². The van der Waals surface area contributed by atoms with Crippen LogP contribution in [0.5, 0.6) is 5.75 Å². The zero-order chi connectivity index (χ0) is 12.7. The largest absolute Gasteiger partial charge is 0.491 e.